The zero-order valence-corrected chi connectivity index (χ0v) is 12.5. The van der Waals surface area contributed by atoms with Gasteiger partial charge in [0.25, 0.3) is 0 Å². The molecular formula is C17H19ClFN. The van der Waals surface area contributed by atoms with Crippen molar-refractivity contribution in [2.24, 2.45) is 5.92 Å². The topological polar surface area (TPSA) is 12.0 Å². The molecule has 0 aliphatic carbocycles. The zero-order chi connectivity index (χ0) is 14.5. The van der Waals surface area contributed by atoms with Gasteiger partial charge in [-0.3, -0.25) is 0 Å². The van der Waals surface area contributed by atoms with Gasteiger partial charge in [-0.05, 0) is 41.3 Å². The van der Waals surface area contributed by atoms with Gasteiger partial charge in [0.1, 0.15) is 5.82 Å². The van der Waals surface area contributed by atoms with E-state index < -0.39 is 0 Å². The van der Waals surface area contributed by atoms with Crippen LogP contribution in [0.15, 0.2) is 48.5 Å². The van der Waals surface area contributed by atoms with E-state index in [1.165, 1.54) is 12.1 Å². The minimum absolute atomic E-state index is 0.189. The first-order valence-electron chi connectivity index (χ1n) is 6.79. The summed E-state index contributed by atoms with van der Waals surface area (Å²) in [5, 5.41) is 4.26. The molecule has 20 heavy (non-hydrogen) atoms. The van der Waals surface area contributed by atoms with E-state index in [1.807, 2.05) is 36.4 Å². The van der Waals surface area contributed by atoms with Gasteiger partial charge in [-0.25, -0.2) is 4.39 Å². The SMILES string of the molecule is CC(C)C(NCc1cccc(Cl)c1)c1ccc(F)cc1. The van der Waals surface area contributed by atoms with E-state index in [0.29, 0.717) is 5.92 Å². The summed E-state index contributed by atoms with van der Waals surface area (Å²) in [6.07, 6.45) is 0. The fourth-order valence-corrected chi connectivity index (χ4v) is 2.50. The standard InChI is InChI=1S/C17H19ClFN/c1-12(2)17(14-6-8-16(19)9-7-14)20-11-13-4-3-5-15(18)10-13/h3-10,12,17,20H,11H2,1-2H3. The highest BCUT2D eigenvalue weighted by Gasteiger charge is 2.15. The van der Waals surface area contributed by atoms with E-state index in [0.717, 1.165) is 22.7 Å². The Morgan fingerprint density at radius 1 is 1.10 bits per heavy atom. The molecule has 2 aromatic carbocycles. The smallest absolute Gasteiger partial charge is 0.123 e. The van der Waals surface area contributed by atoms with Crippen molar-refractivity contribution in [3.05, 3.63) is 70.5 Å². The van der Waals surface area contributed by atoms with E-state index >= 15 is 0 Å². The van der Waals surface area contributed by atoms with Crippen LogP contribution in [0.1, 0.15) is 31.0 Å². The van der Waals surface area contributed by atoms with Crippen molar-refractivity contribution in [3.63, 3.8) is 0 Å². The Morgan fingerprint density at radius 3 is 2.40 bits per heavy atom. The maximum absolute atomic E-state index is 13.0. The van der Waals surface area contributed by atoms with Gasteiger partial charge >= 0.3 is 0 Å². The second kappa shape index (κ2) is 6.87. The van der Waals surface area contributed by atoms with Crippen LogP contribution in [-0.2, 0) is 6.54 Å². The predicted octanol–water partition coefficient (Wildman–Crippen LogP) is 4.97. The molecule has 2 rings (SSSR count). The first-order chi connectivity index (χ1) is 9.56. The first-order valence-corrected chi connectivity index (χ1v) is 7.17. The van der Waals surface area contributed by atoms with Crippen molar-refractivity contribution in [1.82, 2.24) is 5.32 Å². The third-order valence-electron chi connectivity index (χ3n) is 3.31. The summed E-state index contributed by atoms with van der Waals surface area (Å²) in [4.78, 5) is 0. The minimum Gasteiger partial charge on any atom is -0.306 e. The summed E-state index contributed by atoms with van der Waals surface area (Å²) < 4.78 is 13.0. The molecular weight excluding hydrogens is 273 g/mol. The fourth-order valence-electron chi connectivity index (χ4n) is 2.28. The molecule has 0 spiro atoms. The number of nitrogens with one attached hydrogen (secondary N) is 1. The number of rotatable bonds is 5. The van der Waals surface area contributed by atoms with Crippen molar-refractivity contribution in [2.75, 3.05) is 0 Å². The van der Waals surface area contributed by atoms with Crippen LogP contribution >= 0.6 is 11.6 Å². The molecule has 0 bridgehead atoms. The summed E-state index contributed by atoms with van der Waals surface area (Å²) in [5.41, 5.74) is 2.24. The lowest BCUT2D eigenvalue weighted by Crippen LogP contribution is -2.25. The molecule has 0 aromatic heterocycles. The number of hydrogen-bond acceptors (Lipinski definition) is 1. The number of benzene rings is 2. The molecule has 1 atom stereocenters. The van der Waals surface area contributed by atoms with Gasteiger partial charge in [-0.1, -0.05) is 49.7 Å². The van der Waals surface area contributed by atoms with E-state index in [1.54, 1.807) is 0 Å². The molecule has 0 saturated carbocycles. The Kier molecular flexibility index (Phi) is 5.16. The van der Waals surface area contributed by atoms with Crippen LogP contribution in [0, 0.1) is 11.7 Å². The van der Waals surface area contributed by atoms with Crippen LogP contribution < -0.4 is 5.32 Å². The Labute approximate surface area is 124 Å². The lowest BCUT2D eigenvalue weighted by molar-refractivity contribution is 0.410. The van der Waals surface area contributed by atoms with Crippen molar-refractivity contribution in [3.8, 4) is 0 Å². The van der Waals surface area contributed by atoms with Gasteiger partial charge in [0.15, 0.2) is 0 Å². The van der Waals surface area contributed by atoms with Crippen LogP contribution in [0.4, 0.5) is 4.39 Å². The van der Waals surface area contributed by atoms with Gasteiger partial charge in [0.05, 0.1) is 0 Å². The monoisotopic (exact) mass is 291 g/mol. The largest absolute Gasteiger partial charge is 0.306 e. The second-order valence-electron chi connectivity index (χ2n) is 5.28. The maximum Gasteiger partial charge on any atom is 0.123 e. The molecule has 1 N–H and O–H groups in total. The van der Waals surface area contributed by atoms with Gasteiger partial charge in [-0.15, -0.1) is 0 Å². The Balaban J connectivity index is 2.08. The average Bonchev–Trinajstić information content (AvgIpc) is 2.41. The van der Waals surface area contributed by atoms with E-state index in [9.17, 15) is 4.39 Å². The molecule has 0 heterocycles. The van der Waals surface area contributed by atoms with Gasteiger partial charge in [-0.2, -0.15) is 0 Å². The molecule has 1 unspecified atom stereocenters. The predicted molar refractivity (Wildman–Crippen MR) is 82.3 cm³/mol. The van der Waals surface area contributed by atoms with Gasteiger partial charge in [0.2, 0.25) is 0 Å². The summed E-state index contributed by atoms with van der Waals surface area (Å²) in [6, 6.07) is 14.7. The highest BCUT2D eigenvalue weighted by molar-refractivity contribution is 6.30. The molecule has 0 saturated heterocycles. The van der Waals surface area contributed by atoms with Gasteiger partial charge < -0.3 is 5.32 Å². The van der Waals surface area contributed by atoms with E-state index in [4.69, 9.17) is 11.6 Å². The van der Waals surface area contributed by atoms with Crippen molar-refractivity contribution in [1.29, 1.82) is 0 Å². The molecule has 0 aliphatic heterocycles. The summed E-state index contributed by atoms with van der Waals surface area (Å²) in [7, 11) is 0. The summed E-state index contributed by atoms with van der Waals surface area (Å²) in [5.74, 6) is 0.214. The third kappa shape index (κ3) is 4.06. The fraction of sp³-hybridized carbons (Fsp3) is 0.294. The number of hydrogen-bond donors (Lipinski definition) is 1. The van der Waals surface area contributed by atoms with Gasteiger partial charge in [0, 0.05) is 17.6 Å². The zero-order valence-electron chi connectivity index (χ0n) is 11.7. The van der Waals surface area contributed by atoms with Crippen LogP contribution in [-0.4, -0.2) is 0 Å². The molecule has 1 nitrogen and oxygen atoms in total. The van der Waals surface area contributed by atoms with E-state index in [-0.39, 0.29) is 11.9 Å². The molecule has 2 aromatic rings. The maximum atomic E-state index is 13.0. The van der Waals surface area contributed by atoms with Crippen molar-refractivity contribution < 1.29 is 4.39 Å². The Bertz CT molecular complexity index is 551. The lowest BCUT2D eigenvalue weighted by atomic mass is 9.96. The molecule has 0 amide bonds. The van der Waals surface area contributed by atoms with Crippen molar-refractivity contribution in [2.45, 2.75) is 26.4 Å². The molecule has 106 valence electrons. The summed E-state index contributed by atoms with van der Waals surface area (Å²) >= 11 is 5.99. The highest BCUT2D eigenvalue weighted by atomic mass is 35.5. The van der Waals surface area contributed by atoms with Crippen LogP contribution in [0.5, 0.6) is 0 Å². The van der Waals surface area contributed by atoms with Crippen LogP contribution in [0.3, 0.4) is 0 Å². The molecule has 0 aliphatic rings. The highest BCUT2D eigenvalue weighted by Crippen LogP contribution is 2.22. The number of halogens is 2. The third-order valence-corrected chi connectivity index (χ3v) is 3.55. The lowest BCUT2D eigenvalue weighted by Gasteiger charge is -2.23. The quantitative estimate of drug-likeness (QED) is 0.820. The Morgan fingerprint density at radius 2 is 1.80 bits per heavy atom. The minimum atomic E-state index is -0.203. The molecule has 3 heteroatoms. The van der Waals surface area contributed by atoms with Crippen LogP contribution in [0.25, 0.3) is 0 Å². The van der Waals surface area contributed by atoms with E-state index in [2.05, 4.69) is 19.2 Å². The van der Waals surface area contributed by atoms with Crippen LogP contribution in [0.2, 0.25) is 5.02 Å². The van der Waals surface area contributed by atoms with Crippen molar-refractivity contribution >= 4 is 11.6 Å². The second-order valence-corrected chi connectivity index (χ2v) is 5.72. The first kappa shape index (κ1) is 15.0. The molecule has 0 radical (unpaired) electrons. The normalized spacial score (nSPS) is 12.7. The summed E-state index contributed by atoms with van der Waals surface area (Å²) in [6.45, 7) is 5.04. The molecule has 0 fully saturated rings. The Hall–Kier alpha value is -1.38. The average molecular weight is 292 g/mol.